The van der Waals surface area contributed by atoms with E-state index in [1.54, 1.807) is 12.4 Å². The summed E-state index contributed by atoms with van der Waals surface area (Å²) in [5.74, 6) is 0. The SMILES string of the molecule is CC1(C)C[C@@H](N)C[C@H](c2ccncc2N)O1. The number of nitrogens with zero attached hydrogens (tertiary/aromatic N) is 1. The predicted octanol–water partition coefficient (Wildman–Crippen LogP) is 1.62. The molecule has 1 fully saturated rings. The molecule has 0 saturated carbocycles. The van der Waals surface area contributed by atoms with E-state index in [0.29, 0.717) is 5.69 Å². The van der Waals surface area contributed by atoms with Crippen molar-refractivity contribution in [3.63, 3.8) is 0 Å². The number of hydrogen-bond acceptors (Lipinski definition) is 4. The van der Waals surface area contributed by atoms with Crippen molar-refractivity contribution in [2.75, 3.05) is 5.73 Å². The van der Waals surface area contributed by atoms with Crippen LogP contribution in [0.5, 0.6) is 0 Å². The van der Waals surface area contributed by atoms with Gasteiger partial charge in [-0.2, -0.15) is 0 Å². The molecule has 4 N–H and O–H groups in total. The largest absolute Gasteiger partial charge is 0.397 e. The monoisotopic (exact) mass is 221 g/mol. The van der Waals surface area contributed by atoms with Crippen LogP contribution in [-0.2, 0) is 4.74 Å². The van der Waals surface area contributed by atoms with Crippen molar-refractivity contribution in [2.24, 2.45) is 5.73 Å². The van der Waals surface area contributed by atoms with Gasteiger partial charge in [0.15, 0.2) is 0 Å². The lowest BCUT2D eigenvalue weighted by atomic mass is 9.89. The molecule has 88 valence electrons. The fraction of sp³-hybridized carbons (Fsp3) is 0.583. The predicted molar refractivity (Wildman–Crippen MR) is 63.8 cm³/mol. The van der Waals surface area contributed by atoms with Crippen molar-refractivity contribution < 1.29 is 4.74 Å². The lowest BCUT2D eigenvalue weighted by Gasteiger charge is -2.39. The normalized spacial score (nSPS) is 28.9. The van der Waals surface area contributed by atoms with Crippen molar-refractivity contribution in [1.82, 2.24) is 4.98 Å². The third-order valence-corrected chi connectivity index (χ3v) is 2.97. The average molecular weight is 221 g/mol. The Morgan fingerprint density at radius 2 is 2.25 bits per heavy atom. The van der Waals surface area contributed by atoms with Gasteiger partial charge in [-0.15, -0.1) is 0 Å². The van der Waals surface area contributed by atoms with E-state index in [4.69, 9.17) is 16.2 Å². The number of hydrogen-bond donors (Lipinski definition) is 2. The van der Waals surface area contributed by atoms with Crippen LogP contribution in [0, 0.1) is 0 Å². The Bertz CT molecular complexity index is 378. The van der Waals surface area contributed by atoms with Crippen molar-refractivity contribution in [1.29, 1.82) is 0 Å². The van der Waals surface area contributed by atoms with Gasteiger partial charge in [-0.3, -0.25) is 4.98 Å². The average Bonchev–Trinajstić information content (AvgIpc) is 2.15. The third kappa shape index (κ3) is 2.33. The van der Waals surface area contributed by atoms with Gasteiger partial charge in [-0.05, 0) is 32.8 Å². The van der Waals surface area contributed by atoms with Crippen molar-refractivity contribution >= 4 is 5.69 Å². The van der Waals surface area contributed by atoms with Gasteiger partial charge >= 0.3 is 0 Å². The number of rotatable bonds is 1. The van der Waals surface area contributed by atoms with Crippen LogP contribution in [0.25, 0.3) is 0 Å². The first-order chi connectivity index (χ1) is 7.48. The first-order valence-electron chi connectivity index (χ1n) is 5.61. The minimum absolute atomic E-state index is 0.0123. The Hall–Kier alpha value is -1.13. The molecular weight excluding hydrogens is 202 g/mol. The van der Waals surface area contributed by atoms with Gasteiger partial charge in [0.1, 0.15) is 0 Å². The molecule has 2 atom stereocenters. The van der Waals surface area contributed by atoms with E-state index in [2.05, 4.69) is 18.8 Å². The van der Waals surface area contributed by atoms with E-state index < -0.39 is 0 Å². The van der Waals surface area contributed by atoms with Gasteiger partial charge in [0.2, 0.25) is 0 Å². The van der Waals surface area contributed by atoms with Crippen molar-refractivity contribution in [2.45, 2.75) is 44.4 Å². The van der Waals surface area contributed by atoms with Gasteiger partial charge in [0.05, 0.1) is 23.6 Å². The minimum atomic E-state index is -0.182. The van der Waals surface area contributed by atoms with Crippen LogP contribution < -0.4 is 11.5 Å². The lowest BCUT2D eigenvalue weighted by Crippen LogP contribution is -2.42. The molecule has 4 heteroatoms. The number of nitrogen functional groups attached to an aromatic ring is 1. The van der Waals surface area contributed by atoms with Crippen LogP contribution in [0.15, 0.2) is 18.5 Å². The Kier molecular flexibility index (Phi) is 2.86. The van der Waals surface area contributed by atoms with Crippen LogP contribution in [0.3, 0.4) is 0 Å². The summed E-state index contributed by atoms with van der Waals surface area (Å²) in [7, 11) is 0. The zero-order valence-corrected chi connectivity index (χ0v) is 9.81. The molecule has 0 amide bonds. The summed E-state index contributed by atoms with van der Waals surface area (Å²) in [6, 6.07) is 2.08. The van der Waals surface area contributed by atoms with E-state index in [9.17, 15) is 0 Å². The Labute approximate surface area is 96.0 Å². The highest BCUT2D eigenvalue weighted by atomic mass is 16.5. The summed E-state index contributed by atoms with van der Waals surface area (Å²) >= 11 is 0. The molecule has 2 rings (SSSR count). The summed E-state index contributed by atoms with van der Waals surface area (Å²) in [5, 5.41) is 0. The van der Waals surface area contributed by atoms with Gasteiger partial charge in [-0.25, -0.2) is 0 Å². The molecule has 0 unspecified atom stereocenters. The van der Waals surface area contributed by atoms with E-state index >= 15 is 0 Å². The van der Waals surface area contributed by atoms with Gasteiger partial charge < -0.3 is 16.2 Å². The fourth-order valence-corrected chi connectivity index (χ4v) is 2.37. The lowest BCUT2D eigenvalue weighted by molar-refractivity contribution is -0.114. The molecule has 1 aromatic heterocycles. The molecule has 1 aliphatic heterocycles. The highest BCUT2D eigenvalue weighted by Crippen LogP contribution is 2.37. The van der Waals surface area contributed by atoms with Crippen LogP contribution in [-0.4, -0.2) is 16.6 Å². The molecule has 1 aromatic rings. The highest BCUT2D eigenvalue weighted by Gasteiger charge is 2.34. The van der Waals surface area contributed by atoms with E-state index in [0.717, 1.165) is 18.4 Å². The Balaban J connectivity index is 2.25. The maximum Gasteiger partial charge on any atom is 0.0867 e. The number of nitrogens with two attached hydrogens (primary N) is 2. The summed E-state index contributed by atoms with van der Waals surface area (Å²) in [6.07, 6.45) is 5.09. The molecule has 2 heterocycles. The second kappa shape index (κ2) is 4.03. The molecule has 0 bridgehead atoms. The van der Waals surface area contributed by atoms with E-state index in [1.807, 2.05) is 6.07 Å². The van der Waals surface area contributed by atoms with Gasteiger partial charge in [0.25, 0.3) is 0 Å². The minimum Gasteiger partial charge on any atom is -0.397 e. The zero-order chi connectivity index (χ0) is 11.8. The summed E-state index contributed by atoms with van der Waals surface area (Å²) in [6.45, 7) is 4.13. The third-order valence-electron chi connectivity index (χ3n) is 2.97. The highest BCUT2D eigenvalue weighted by molar-refractivity contribution is 5.45. The number of pyridine rings is 1. The maximum absolute atomic E-state index is 6.05. The molecule has 0 radical (unpaired) electrons. The van der Waals surface area contributed by atoms with Crippen molar-refractivity contribution in [3.05, 3.63) is 24.0 Å². The zero-order valence-electron chi connectivity index (χ0n) is 9.81. The van der Waals surface area contributed by atoms with Crippen molar-refractivity contribution in [3.8, 4) is 0 Å². The Morgan fingerprint density at radius 3 is 2.88 bits per heavy atom. The van der Waals surface area contributed by atoms with Crippen LogP contribution in [0.4, 0.5) is 5.69 Å². The van der Waals surface area contributed by atoms with Crippen LogP contribution in [0.2, 0.25) is 0 Å². The summed E-state index contributed by atoms with van der Waals surface area (Å²) < 4.78 is 6.02. The summed E-state index contributed by atoms with van der Waals surface area (Å²) in [4.78, 5) is 3.98. The molecule has 0 aromatic carbocycles. The fourth-order valence-electron chi connectivity index (χ4n) is 2.37. The number of ether oxygens (including phenoxy) is 1. The first kappa shape index (κ1) is 11.4. The maximum atomic E-state index is 6.05. The molecule has 1 saturated heterocycles. The van der Waals surface area contributed by atoms with Crippen LogP contribution >= 0.6 is 0 Å². The topological polar surface area (TPSA) is 74.2 Å². The molecule has 16 heavy (non-hydrogen) atoms. The molecule has 0 spiro atoms. The van der Waals surface area contributed by atoms with Gasteiger partial charge in [-0.1, -0.05) is 0 Å². The quantitative estimate of drug-likeness (QED) is 0.755. The molecule has 1 aliphatic rings. The van der Waals surface area contributed by atoms with Gasteiger partial charge in [0, 0.05) is 17.8 Å². The van der Waals surface area contributed by atoms with Crippen LogP contribution in [0.1, 0.15) is 38.4 Å². The second-order valence-corrected chi connectivity index (χ2v) is 5.07. The first-order valence-corrected chi connectivity index (χ1v) is 5.61. The molecule has 4 nitrogen and oxygen atoms in total. The van der Waals surface area contributed by atoms with E-state index in [-0.39, 0.29) is 17.7 Å². The number of aromatic nitrogens is 1. The molecular formula is C12H19N3O. The second-order valence-electron chi connectivity index (χ2n) is 5.07. The smallest absolute Gasteiger partial charge is 0.0867 e. The molecule has 0 aliphatic carbocycles. The summed E-state index contributed by atoms with van der Waals surface area (Å²) in [5.41, 5.74) is 13.4. The Morgan fingerprint density at radius 1 is 1.50 bits per heavy atom. The number of anilines is 1. The van der Waals surface area contributed by atoms with E-state index in [1.165, 1.54) is 0 Å². The standard InChI is InChI=1S/C12H19N3O/c1-12(2)6-8(13)5-11(16-12)9-3-4-15-7-10(9)14/h3-4,7-8,11H,5-6,13-14H2,1-2H3/t8-,11+/m0/s1.